The number of nitrogens with one attached hydrogen (secondary N) is 2. The third-order valence-corrected chi connectivity index (χ3v) is 5.44. The topological polar surface area (TPSA) is 48.1 Å². The Hall–Kier alpha value is -2.14. The van der Waals surface area contributed by atoms with Crippen LogP contribution in [0.4, 0.5) is 4.39 Å². The fraction of sp³-hybridized carbons (Fsp3) is 0.421. The average Bonchev–Trinajstić information content (AvgIpc) is 3.21. The van der Waals surface area contributed by atoms with Gasteiger partial charge in [-0.1, -0.05) is 12.1 Å². The number of rotatable bonds is 2. The molecular formula is C19H22FN3O. The quantitative estimate of drug-likeness (QED) is 0.891. The summed E-state index contributed by atoms with van der Waals surface area (Å²) in [6.45, 7) is 3.79. The molecule has 0 bridgehead atoms. The van der Waals surface area contributed by atoms with Crippen LogP contribution in [0, 0.1) is 17.7 Å². The van der Waals surface area contributed by atoms with E-state index in [-0.39, 0.29) is 11.7 Å². The number of carbonyl (C=O) groups excluding carboxylic acids is 1. The number of fused-ring (bicyclic) bond motifs is 1. The van der Waals surface area contributed by atoms with E-state index >= 15 is 0 Å². The van der Waals surface area contributed by atoms with E-state index in [1.54, 1.807) is 18.3 Å². The lowest BCUT2D eigenvalue weighted by Crippen LogP contribution is -2.32. The van der Waals surface area contributed by atoms with Gasteiger partial charge in [0.1, 0.15) is 5.82 Å². The van der Waals surface area contributed by atoms with Gasteiger partial charge in [0.2, 0.25) is 0 Å². The first-order valence-corrected chi connectivity index (χ1v) is 8.65. The van der Waals surface area contributed by atoms with Gasteiger partial charge < -0.3 is 15.2 Å². The molecule has 24 heavy (non-hydrogen) atoms. The summed E-state index contributed by atoms with van der Waals surface area (Å²) < 4.78 is 13.1. The van der Waals surface area contributed by atoms with Crippen LogP contribution in [0.2, 0.25) is 0 Å². The van der Waals surface area contributed by atoms with Gasteiger partial charge in [-0.2, -0.15) is 0 Å². The molecule has 2 aliphatic heterocycles. The van der Waals surface area contributed by atoms with E-state index in [1.165, 1.54) is 12.1 Å². The first-order valence-electron chi connectivity index (χ1n) is 8.65. The molecule has 126 valence electrons. The van der Waals surface area contributed by atoms with E-state index in [4.69, 9.17) is 0 Å². The zero-order valence-electron chi connectivity index (χ0n) is 13.6. The van der Waals surface area contributed by atoms with E-state index in [2.05, 4.69) is 10.3 Å². The molecule has 0 aliphatic carbocycles. The maximum atomic E-state index is 13.1. The molecule has 0 unspecified atom stereocenters. The number of halogens is 1. The summed E-state index contributed by atoms with van der Waals surface area (Å²) in [5.74, 6) is 1.20. The van der Waals surface area contributed by atoms with Crippen LogP contribution < -0.4 is 5.32 Å². The summed E-state index contributed by atoms with van der Waals surface area (Å²) in [5.41, 5.74) is 2.37. The van der Waals surface area contributed by atoms with Gasteiger partial charge in [0, 0.05) is 31.0 Å². The van der Waals surface area contributed by atoms with Crippen LogP contribution in [-0.2, 0) is 0 Å². The molecule has 1 amide bonds. The van der Waals surface area contributed by atoms with Gasteiger partial charge in [0.05, 0.1) is 5.56 Å². The number of amides is 1. The minimum absolute atomic E-state index is 0.0727. The van der Waals surface area contributed by atoms with E-state index in [1.807, 2.05) is 11.1 Å². The van der Waals surface area contributed by atoms with Crippen molar-refractivity contribution < 1.29 is 9.18 Å². The van der Waals surface area contributed by atoms with E-state index in [0.717, 1.165) is 50.1 Å². The standard InChI is InChI=1S/C19H22FN3O/c20-16-3-1-13(2-4-16)17-11-22-12-18(17)19(24)23-7-5-14-9-21-10-15(14)6-8-23/h1-4,11-12,14-15,21-22H,5-10H2/t14-,15+. The minimum Gasteiger partial charge on any atom is -0.366 e. The largest absolute Gasteiger partial charge is 0.366 e. The Balaban J connectivity index is 1.55. The van der Waals surface area contributed by atoms with Crippen molar-refractivity contribution in [2.45, 2.75) is 12.8 Å². The summed E-state index contributed by atoms with van der Waals surface area (Å²) in [5, 5.41) is 3.46. The fourth-order valence-electron chi connectivity index (χ4n) is 4.00. The molecule has 2 aromatic rings. The average molecular weight is 327 g/mol. The molecule has 5 heteroatoms. The lowest BCUT2D eigenvalue weighted by atomic mass is 9.92. The molecular weight excluding hydrogens is 305 g/mol. The molecule has 4 rings (SSSR count). The van der Waals surface area contributed by atoms with Crippen LogP contribution in [0.3, 0.4) is 0 Å². The number of aromatic nitrogens is 1. The zero-order valence-corrected chi connectivity index (χ0v) is 13.6. The Morgan fingerprint density at radius 3 is 2.38 bits per heavy atom. The van der Waals surface area contributed by atoms with Crippen LogP contribution in [0.15, 0.2) is 36.7 Å². The van der Waals surface area contributed by atoms with Crippen molar-refractivity contribution in [1.82, 2.24) is 15.2 Å². The first kappa shape index (κ1) is 15.4. The summed E-state index contributed by atoms with van der Waals surface area (Å²) in [6, 6.07) is 6.29. The molecule has 2 saturated heterocycles. The molecule has 2 fully saturated rings. The van der Waals surface area contributed by atoms with Gasteiger partial charge in [-0.25, -0.2) is 4.39 Å². The fourth-order valence-corrected chi connectivity index (χ4v) is 4.00. The number of H-pyrrole nitrogens is 1. The Morgan fingerprint density at radius 2 is 1.71 bits per heavy atom. The van der Waals surface area contributed by atoms with Crippen molar-refractivity contribution >= 4 is 5.91 Å². The highest BCUT2D eigenvalue weighted by atomic mass is 19.1. The highest BCUT2D eigenvalue weighted by Crippen LogP contribution is 2.29. The van der Waals surface area contributed by atoms with Crippen molar-refractivity contribution in [3.63, 3.8) is 0 Å². The van der Waals surface area contributed by atoms with Crippen LogP contribution in [0.25, 0.3) is 11.1 Å². The maximum absolute atomic E-state index is 13.1. The summed E-state index contributed by atoms with van der Waals surface area (Å²) >= 11 is 0. The second kappa shape index (κ2) is 6.40. The molecule has 2 aliphatic rings. The van der Waals surface area contributed by atoms with Gasteiger partial charge in [0.15, 0.2) is 0 Å². The molecule has 1 aromatic heterocycles. The van der Waals surface area contributed by atoms with Crippen molar-refractivity contribution in [3.05, 3.63) is 48.0 Å². The Labute approximate surface area is 141 Å². The molecule has 0 radical (unpaired) electrons. The summed E-state index contributed by atoms with van der Waals surface area (Å²) in [4.78, 5) is 18.0. The molecule has 4 nitrogen and oxygen atoms in total. The lowest BCUT2D eigenvalue weighted by Gasteiger charge is -2.21. The number of hydrogen-bond acceptors (Lipinski definition) is 2. The van der Waals surface area contributed by atoms with Gasteiger partial charge >= 0.3 is 0 Å². The van der Waals surface area contributed by atoms with E-state index in [9.17, 15) is 9.18 Å². The van der Waals surface area contributed by atoms with Crippen LogP contribution >= 0.6 is 0 Å². The molecule has 2 N–H and O–H groups in total. The van der Waals surface area contributed by atoms with Gasteiger partial charge in [-0.05, 0) is 55.5 Å². The van der Waals surface area contributed by atoms with Crippen LogP contribution in [0.1, 0.15) is 23.2 Å². The predicted molar refractivity (Wildman–Crippen MR) is 91.2 cm³/mol. The molecule has 2 atom stereocenters. The van der Waals surface area contributed by atoms with Crippen LogP contribution in [-0.4, -0.2) is 42.0 Å². The number of benzene rings is 1. The maximum Gasteiger partial charge on any atom is 0.256 e. The molecule has 3 heterocycles. The lowest BCUT2D eigenvalue weighted by molar-refractivity contribution is 0.0759. The Bertz CT molecular complexity index is 710. The first-order chi connectivity index (χ1) is 11.7. The second-order valence-corrected chi connectivity index (χ2v) is 6.84. The van der Waals surface area contributed by atoms with Crippen LogP contribution in [0.5, 0.6) is 0 Å². The Morgan fingerprint density at radius 1 is 1.04 bits per heavy atom. The zero-order chi connectivity index (χ0) is 16.5. The monoisotopic (exact) mass is 327 g/mol. The summed E-state index contributed by atoms with van der Waals surface area (Å²) in [7, 11) is 0. The van der Waals surface area contributed by atoms with Crippen molar-refractivity contribution in [3.8, 4) is 11.1 Å². The number of likely N-dealkylation sites (tertiary alicyclic amines) is 1. The van der Waals surface area contributed by atoms with E-state index in [0.29, 0.717) is 17.4 Å². The second-order valence-electron chi connectivity index (χ2n) is 6.84. The predicted octanol–water partition coefficient (Wildman–Crippen LogP) is 2.89. The highest BCUT2D eigenvalue weighted by molar-refractivity contribution is 6.00. The molecule has 0 saturated carbocycles. The number of hydrogen-bond donors (Lipinski definition) is 2. The summed E-state index contributed by atoms with van der Waals surface area (Å²) in [6.07, 6.45) is 5.71. The van der Waals surface area contributed by atoms with Crippen molar-refractivity contribution in [1.29, 1.82) is 0 Å². The van der Waals surface area contributed by atoms with Crippen molar-refractivity contribution in [2.24, 2.45) is 11.8 Å². The van der Waals surface area contributed by atoms with Crippen molar-refractivity contribution in [2.75, 3.05) is 26.2 Å². The third kappa shape index (κ3) is 2.84. The van der Waals surface area contributed by atoms with Gasteiger partial charge in [-0.15, -0.1) is 0 Å². The normalized spacial score (nSPS) is 23.8. The van der Waals surface area contributed by atoms with E-state index < -0.39 is 0 Å². The highest BCUT2D eigenvalue weighted by Gasteiger charge is 2.32. The molecule has 0 spiro atoms. The number of carbonyl (C=O) groups is 1. The third-order valence-electron chi connectivity index (χ3n) is 5.44. The minimum atomic E-state index is -0.269. The van der Waals surface area contributed by atoms with Gasteiger partial charge in [0.25, 0.3) is 5.91 Å². The van der Waals surface area contributed by atoms with Gasteiger partial charge in [-0.3, -0.25) is 4.79 Å². The smallest absolute Gasteiger partial charge is 0.256 e. The SMILES string of the molecule is O=C(c1c[nH]cc1-c1ccc(F)cc1)N1CC[C@@H]2CNC[C@@H]2CC1. The number of nitrogens with zero attached hydrogens (tertiary/aromatic N) is 1. The molecule has 1 aromatic carbocycles. The number of aromatic amines is 1. The Kier molecular flexibility index (Phi) is 4.10.